The van der Waals surface area contributed by atoms with Crippen LogP contribution in [0.5, 0.6) is 5.75 Å². The predicted octanol–water partition coefficient (Wildman–Crippen LogP) is 3.75. The Morgan fingerprint density at radius 3 is 2.58 bits per heavy atom. The Hall–Kier alpha value is -2.20. The summed E-state index contributed by atoms with van der Waals surface area (Å²) in [6.45, 7) is 1.86. The predicted molar refractivity (Wildman–Crippen MR) is 98.9 cm³/mol. The molecule has 0 radical (unpaired) electrons. The Labute approximate surface area is 148 Å². The van der Waals surface area contributed by atoms with Crippen LogP contribution in [0.1, 0.15) is 12.8 Å². The van der Waals surface area contributed by atoms with E-state index in [1.807, 2.05) is 30.3 Å². The molecular weight excluding hydrogens is 324 g/mol. The SMILES string of the molecule is CN(CCCNC(=O)CCOc1ccccc1Cl)c1ccccc1. The molecule has 5 heteroatoms. The molecule has 0 aromatic heterocycles. The minimum Gasteiger partial charge on any atom is -0.491 e. The molecule has 0 saturated carbocycles. The zero-order chi connectivity index (χ0) is 17.2. The number of halogens is 1. The Morgan fingerprint density at radius 1 is 1.12 bits per heavy atom. The van der Waals surface area contributed by atoms with Gasteiger partial charge in [-0.1, -0.05) is 41.9 Å². The highest BCUT2D eigenvalue weighted by Crippen LogP contribution is 2.22. The van der Waals surface area contributed by atoms with Crippen LogP contribution in [0, 0.1) is 0 Å². The number of nitrogens with zero attached hydrogens (tertiary/aromatic N) is 1. The van der Waals surface area contributed by atoms with E-state index in [-0.39, 0.29) is 5.91 Å². The molecule has 0 bridgehead atoms. The smallest absolute Gasteiger partial charge is 0.223 e. The number of hydrogen-bond acceptors (Lipinski definition) is 3. The number of ether oxygens (including phenoxy) is 1. The van der Waals surface area contributed by atoms with Crippen LogP contribution in [0.25, 0.3) is 0 Å². The van der Waals surface area contributed by atoms with Gasteiger partial charge in [0.25, 0.3) is 0 Å². The number of nitrogens with one attached hydrogen (secondary N) is 1. The monoisotopic (exact) mass is 346 g/mol. The molecule has 0 heterocycles. The fraction of sp³-hybridized carbons (Fsp3) is 0.316. The van der Waals surface area contributed by atoms with Gasteiger partial charge < -0.3 is 15.0 Å². The first-order chi connectivity index (χ1) is 11.7. The van der Waals surface area contributed by atoms with E-state index in [9.17, 15) is 4.79 Å². The van der Waals surface area contributed by atoms with Crippen molar-refractivity contribution in [2.45, 2.75) is 12.8 Å². The standard InChI is InChI=1S/C19H23ClN2O2/c1-22(16-8-3-2-4-9-16)14-7-13-21-19(23)12-15-24-18-11-6-5-10-17(18)20/h2-6,8-11H,7,12-15H2,1H3,(H,21,23). The molecule has 0 aliphatic heterocycles. The van der Waals surface area contributed by atoms with Crippen LogP contribution in [-0.4, -0.2) is 32.7 Å². The van der Waals surface area contributed by atoms with Crippen LogP contribution in [0.4, 0.5) is 5.69 Å². The number of para-hydroxylation sites is 2. The molecule has 0 atom stereocenters. The topological polar surface area (TPSA) is 41.6 Å². The van der Waals surface area contributed by atoms with Crippen LogP contribution in [-0.2, 0) is 4.79 Å². The van der Waals surface area contributed by atoms with Crippen LogP contribution in [0.2, 0.25) is 5.02 Å². The summed E-state index contributed by atoms with van der Waals surface area (Å²) in [5, 5.41) is 3.47. The maximum atomic E-state index is 11.8. The fourth-order valence-electron chi connectivity index (χ4n) is 2.26. The quantitative estimate of drug-likeness (QED) is 0.703. The van der Waals surface area contributed by atoms with E-state index < -0.39 is 0 Å². The molecule has 2 aromatic carbocycles. The van der Waals surface area contributed by atoms with E-state index >= 15 is 0 Å². The van der Waals surface area contributed by atoms with E-state index in [2.05, 4.69) is 29.4 Å². The lowest BCUT2D eigenvalue weighted by molar-refractivity contribution is -0.121. The highest BCUT2D eigenvalue weighted by Gasteiger charge is 2.04. The van der Waals surface area contributed by atoms with Gasteiger partial charge in [-0.05, 0) is 30.7 Å². The Bertz CT molecular complexity index is 634. The molecule has 0 unspecified atom stereocenters. The minimum absolute atomic E-state index is 0.00980. The molecule has 0 aliphatic carbocycles. The number of carbonyl (C=O) groups excluding carboxylic acids is 1. The van der Waals surface area contributed by atoms with Crippen molar-refractivity contribution in [3.63, 3.8) is 0 Å². The normalized spacial score (nSPS) is 10.2. The Kier molecular flexibility index (Phi) is 7.43. The second-order valence-corrected chi connectivity index (χ2v) is 5.90. The molecule has 2 rings (SSSR count). The zero-order valence-corrected chi connectivity index (χ0v) is 14.6. The molecular formula is C19H23ClN2O2. The van der Waals surface area contributed by atoms with E-state index in [0.717, 1.165) is 13.0 Å². The van der Waals surface area contributed by atoms with Gasteiger partial charge in [-0.3, -0.25) is 4.79 Å². The number of benzene rings is 2. The largest absolute Gasteiger partial charge is 0.491 e. The summed E-state index contributed by atoms with van der Waals surface area (Å²) in [4.78, 5) is 14.0. The van der Waals surface area contributed by atoms with Crippen LogP contribution in [0.3, 0.4) is 0 Å². The van der Waals surface area contributed by atoms with Gasteiger partial charge in [0.1, 0.15) is 5.75 Å². The van der Waals surface area contributed by atoms with E-state index in [0.29, 0.717) is 30.3 Å². The molecule has 128 valence electrons. The molecule has 1 amide bonds. The third kappa shape index (κ3) is 6.13. The van der Waals surface area contributed by atoms with Gasteiger partial charge in [-0.25, -0.2) is 0 Å². The van der Waals surface area contributed by atoms with E-state index in [1.165, 1.54) is 5.69 Å². The molecule has 24 heavy (non-hydrogen) atoms. The minimum atomic E-state index is -0.00980. The summed E-state index contributed by atoms with van der Waals surface area (Å²) >= 11 is 5.99. The number of rotatable bonds is 9. The molecule has 0 saturated heterocycles. The first-order valence-electron chi connectivity index (χ1n) is 8.07. The number of anilines is 1. The number of hydrogen-bond donors (Lipinski definition) is 1. The molecule has 2 aromatic rings. The van der Waals surface area contributed by atoms with E-state index in [1.54, 1.807) is 12.1 Å². The Morgan fingerprint density at radius 2 is 1.83 bits per heavy atom. The van der Waals surface area contributed by atoms with E-state index in [4.69, 9.17) is 16.3 Å². The maximum Gasteiger partial charge on any atom is 0.223 e. The average molecular weight is 347 g/mol. The fourth-order valence-corrected chi connectivity index (χ4v) is 2.45. The number of amides is 1. The first-order valence-corrected chi connectivity index (χ1v) is 8.45. The Balaban J connectivity index is 1.57. The summed E-state index contributed by atoms with van der Waals surface area (Å²) in [7, 11) is 2.05. The van der Waals surface area contributed by atoms with Crippen LogP contribution >= 0.6 is 11.6 Å². The van der Waals surface area contributed by atoms with Gasteiger partial charge in [0.05, 0.1) is 18.1 Å². The lowest BCUT2D eigenvalue weighted by Crippen LogP contribution is -2.29. The highest BCUT2D eigenvalue weighted by atomic mass is 35.5. The summed E-state index contributed by atoms with van der Waals surface area (Å²) < 4.78 is 5.51. The summed E-state index contributed by atoms with van der Waals surface area (Å²) in [6, 6.07) is 17.4. The first kappa shape index (κ1) is 18.1. The zero-order valence-electron chi connectivity index (χ0n) is 13.9. The van der Waals surface area contributed by atoms with Crippen molar-refractivity contribution < 1.29 is 9.53 Å². The molecule has 0 aliphatic rings. The van der Waals surface area contributed by atoms with Gasteiger partial charge >= 0.3 is 0 Å². The van der Waals surface area contributed by atoms with Crippen molar-refractivity contribution in [3.8, 4) is 5.75 Å². The van der Waals surface area contributed by atoms with Crippen LogP contribution < -0.4 is 15.0 Å². The highest BCUT2D eigenvalue weighted by molar-refractivity contribution is 6.32. The summed E-state index contributed by atoms with van der Waals surface area (Å²) in [5.41, 5.74) is 1.18. The van der Waals surface area contributed by atoms with Gasteiger partial charge in [0, 0.05) is 25.8 Å². The van der Waals surface area contributed by atoms with Crippen LogP contribution in [0.15, 0.2) is 54.6 Å². The van der Waals surface area contributed by atoms with Gasteiger partial charge in [0.15, 0.2) is 0 Å². The summed E-state index contributed by atoms with van der Waals surface area (Å²) in [6.07, 6.45) is 1.21. The average Bonchev–Trinajstić information content (AvgIpc) is 2.61. The lowest BCUT2D eigenvalue weighted by Gasteiger charge is -2.19. The number of carbonyl (C=O) groups is 1. The molecule has 0 fully saturated rings. The molecule has 0 spiro atoms. The van der Waals surface area contributed by atoms with Crippen molar-refractivity contribution in [3.05, 3.63) is 59.6 Å². The molecule has 1 N–H and O–H groups in total. The van der Waals surface area contributed by atoms with Gasteiger partial charge in [-0.15, -0.1) is 0 Å². The van der Waals surface area contributed by atoms with Gasteiger partial charge in [-0.2, -0.15) is 0 Å². The van der Waals surface area contributed by atoms with Crippen molar-refractivity contribution in [1.29, 1.82) is 0 Å². The maximum absolute atomic E-state index is 11.8. The van der Waals surface area contributed by atoms with Crippen molar-refractivity contribution in [2.24, 2.45) is 0 Å². The summed E-state index contributed by atoms with van der Waals surface area (Å²) in [5.74, 6) is 0.598. The van der Waals surface area contributed by atoms with Gasteiger partial charge in [0.2, 0.25) is 5.91 Å². The lowest BCUT2D eigenvalue weighted by atomic mass is 10.3. The molecule has 4 nitrogen and oxygen atoms in total. The second-order valence-electron chi connectivity index (χ2n) is 5.49. The van der Waals surface area contributed by atoms with Crippen molar-refractivity contribution >= 4 is 23.2 Å². The second kappa shape index (κ2) is 9.83. The third-order valence-electron chi connectivity index (χ3n) is 3.61. The van der Waals surface area contributed by atoms with Crippen molar-refractivity contribution in [2.75, 3.05) is 31.6 Å². The van der Waals surface area contributed by atoms with Crippen molar-refractivity contribution in [1.82, 2.24) is 5.32 Å². The third-order valence-corrected chi connectivity index (χ3v) is 3.93.